The molecule has 0 saturated carbocycles. The number of ether oxygens (including phenoxy) is 1. The standard InChI is InChI=1S/C14H17BrN2O3/c1-9-3-4-11(15)10(7-9)14(19)17-5-6-20-8-12(17)13(18)16-2/h3-4,7,12H,5-6,8H2,1-2H3,(H,16,18). The number of hydrogen-bond acceptors (Lipinski definition) is 3. The van der Waals surface area contributed by atoms with E-state index in [1.54, 1.807) is 11.9 Å². The van der Waals surface area contributed by atoms with Crippen molar-refractivity contribution in [2.45, 2.75) is 13.0 Å². The van der Waals surface area contributed by atoms with E-state index in [2.05, 4.69) is 21.2 Å². The highest BCUT2D eigenvalue weighted by atomic mass is 79.9. The lowest BCUT2D eigenvalue weighted by atomic mass is 10.1. The molecule has 0 aliphatic carbocycles. The molecule has 108 valence electrons. The van der Waals surface area contributed by atoms with Gasteiger partial charge in [-0.25, -0.2) is 0 Å². The Morgan fingerprint density at radius 2 is 2.20 bits per heavy atom. The van der Waals surface area contributed by atoms with Gasteiger partial charge in [0.25, 0.3) is 5.91 Å². The van der Waals surface area contributed by atoms with Gasteiger partial charge >= 0.3 is 0 Å². The summed E-state index contributed by atoms with van der Waals surface area (Å²) in [5.74, 6) is -0.362. The predicted molar refractivity (Wildman–Crippen MR) is 78.6 cm³/mol. The fourth-order valence-corrected chi connectivity index (χ4v) is 2.60. The van der Waals surface area contributed by atoms with Gasteiger partial charge in [-0.2, -0.15) is 0 Å². The van der Waals surface area contributed by atoms with Crippen molar-refractivity contribution in [3.63, 3.8) is 0 Å². The number of benzene rings is 1. The summed E-state index contributed by atoms with van der Waals surface area (Å²) >= 11 is 3.39. The maximum absolute atomic E-state index is 12.7. The largest absolute Gasteiger partial charge is 0.377 e. The fourth-order valence-electron chi connectivity index (χ4n) is 2.19. The summed E-state index contributed by atoms with van der Waals surface area (Å²) in [5.41, 5.74) is 1.57. The maximum atomic E-state index is 12.7. The summed E-state index contributed by atoms with van der Waals surface area (Å²) in [5, 5.41) is 2.57. The van der Waals surface area contributed by atoms with Crippen LogP contribution in [0.2, 0.25) is 0 Å². The Bertz CT molecular complexity index is 533. The van der Waals surface area contributed by atoms with Crippen LogP contribution in [0.1, 0.15) is 15.9 Å². The molecule has 1 saturated heterocycles. The molecule has 0 bridgehead atoms. The second-order valence-electron chi connectivity index (χ2n) is 4.69. The number of rotatable bonds is 2. The van der Waals surface area contributed by atoms with Crippen molar-refractivity contribution in [2.24, 2.45) is 0 Å². The van der Waals surface area contributed by atoms with Crippen molar-refractivity contribution in [1.29, 1.82) is 0 Å². The smallest absolute Gasteiger partial charge is 0.255 e. The topological polar surface area (TPSA) is 58.6 Å². The van der Waals surface area contributed by atoms with Crippen LogP contribution < -0.4 is 5.32 Å². The Balaban J connectivity index is 2.30. The van der Waals surface area contributed by atoms with E-state index < -0.39 is 6.04 Å². The SMILES string of the molecule is CNC(=O)C1COCCN1C(=O)c1cc(C)ccc1Br. The Kier molecular flexibility index (Phi) is 4.77. The van der Waals surface area contributed by atoms with Crippen molar-refractivity contribution in [2.75, 3.05) is 26.8 Å². The molecule has 1 aromatic carbocycles. The molecule has 1 aliphatic rings. The number of nitrogens with one attached hydrogen (secondary N) is 1. The van der Waals surface area contributed by atoms with Gasteiger partial charge in [-0.05, 0) is 35.0 Å². The molecule has 20 heavy (non-hydrogen) atoms. The minimum Gasteiger partial charge on any atom is -0.377 e. The number of carbonyl (C=O) groups is 2. The molecule has 1 unspecified atom stereocenters. The van der Waals surface area contributed by atoms with Crippen molar-refractivity contribution in [3.8, 4) is 0 Å². The van der Waals surface area contributed by atoms with E-state index in [9.17, 15) is 9.59 Å². The molecule has 1 atom stereocenters. The van der Waals surface area contributed by atoms with Gasteiger partial charge in [-0.1, -0.05) is 11.6 Å². The third-order valence-corrected chi connectivity index (χ3v) is 3.98. The van der Waals surface area contributed by atoms with Crippen LogP contribution in [0, 0.1) is 6.92 Å². The molecule has 6 heteroatoms. The van der Waals surface area contributed by atoms with Gasteiger partial charge in [0.05, 0.1) is 18.8 Å². The Morgan fingerprint density at radius 3 is 2.90 bits per heavy atom. The van der Waals surface area contributed by atoms with E-state index in [0.717, 1.165) is 10.0 Å². The van der Waals surface area contributed by atoms with Gasteiger partial charge in [0, 0.05) is 18.1 Å². The van der Waals surface area contributed by atoms with Crippen LogP contribution >= 0.6 is 15.9 Å². The van der Waals surface area contributed by atoms with E-state index in [-0.39, 0.29) is 18.4 Å². The van der Waals surface area contributed by atoms with Crippen LogP contribution in [0.4, 0.5) is 0 Å². The summed E-state index contributed by atoms with van der Waals surface area (Å²) in [6.45, 7) is 3.02. The van der Waals surface area contributed by atoms with Crippen molar-refractivity contribution in [3.05, 3.63) is 33.8 Å². The molecule has 0 radical (unpaired) electrons. The third-order valence-electron chi connectivity index (χ3n) is 3.29. The summed E-state index contributed by atoms with van der Waals surface area (Å²) in [4.78, 5) is 26.1. The van der Waals surface area contributed by atoms with Gasteiger partial charge in [0.15, 0.2) is 0 Å². The third kappa shape index (κ3) is 3.02. The van der Waals surface area contributed by atoms with Crippen molar-refractivity contribution in [1.82, 2.24) is 10.2 Å². The lowest BCUT2D eigenvalue weighted by Crippen LogP contribution is -2.55. The number of hydrogen-bond donors (Lipinski definition) is 1. The highest BCUT2D eigenvalue weighted by molar-refractivity contribution is 9.10. The molecule has 1 N–H and O–H groups in total. The van der Waals surface area contributed by atoms with E-state index in [1.165, 1.54) is 0 Å². The lowest BCUT2D eigenvalue weighted by molar-refractivity contribution is -0.130. The van der Waals surface area contributed by atoms with E-state index >= 15 is 0 Å². The zero-order valence-corrected chi connectivity index (χ0v) is 13.1. The molecule has 2 amide bonds. The molecule has 0 spiro atoms. The molecular formula is C14H17BrN2O3. The highest BCUT2D eigenvalue weighted by Crippen LogP contribution is 2.22. The first-order valence-corrected chi connectivity index (χ1v) is 7.20. The van der Waals surface area contributed by atoms with Gasteiger partial charge in [-0.15, -0.1) is 0 Å². The zero-order valence-electron chi connectivity index (χ0n) is 11.5. The van der Waals surface area contributed by atoms with Gasteiger partial charge in [0.2, 0.25) is 5.91 Å². The number of carbonyl (C=O) groups excluding carboxylic acids is 2. The average molecular weight is 341 g/mol. The van der Waals surface area contributed by atoms with Crippen LogP contribution in [0.5, 0.6) is 0 Å². The summed E-state index contributed by atoms with van der Waals surface area (Å²) in [6, 6.07) is 5.02. The van der Waals surface area contributed by atoms with Crippen LogP contribution in [0.3, 0.4) is 0 Å². The highest BCUT2D eigenvalue weighted by Gasteiger charge is 2.33. The first-order valence-electron chi connectivity index (χ1n) is 6.41. The average Bonchev–Trinajstić information content (AvgIpc) is 2.48. The lowest BCUT2D eigenvalue weighted by Gasteiger charge is -2.34. The van der Waals surface area contributed by atoms with Crippen LogP contribution in [0.15, 0.2) is 22.7 Å². The van der Waals surface area contributed by atoms with Crippen molar-refractivity contribution >= 4 is 27.7 Å². The molecule has 1 heterocycles. The predicted octanol–water partition coefficient (Wildman–Crippen LogP) is 1.34. The first kappa shape index (κ1) is 15.0. The zero-order chi connectivity index (χ0) is 14.7. The molecule has 1 aliphatic heterocycles. The number of morpholine rings is 1. The van der Waals surface area contributed by atoms with Crippen LogP contribution in [-0.2, 0) is 9.53 Å². The van der Waals surface area contributed by atoms with Crippen LogP contribution in [-0.4, -0.2) is 49.6 Å². The Morgan fingerprint density at radius 1 is 1.45 bits per heavy atom. The number of halogens is 1. The van der Waals surface area contributed by atoms with Crippen molar-refractivity contribution < 1.29 is 14.3 Å². The summed E-state index contributed by atoms with van der Waals surface area (Å²) < 4.78 is 6.04. The normalized spacial score (nSPS) is 18.8. The summed E-state index contributed by atoms with van der Waals surface area (Å²) in [7, 11) is 1.56. The van der Waals surface area contributed by atoms with E-state index in [4.69, 9.17) is 4.74 Å². The van der Waals surface area contributed by atoms with Crippen LogP contribution in [0.25, 0.3) is 0 Å². The molecule has 1 aromatic rings. The number of likely N-dealkylation sites (N-methyl/N-ethyl adjacent to an activating group) is 1. The molecule has 2 rings (SSSR count). The number of aryl methyl sites for hydroxylation is 1. The Labute approximate surface area is 126 Å². The minimum absolute atomic E-state index is 0.155. The monoisotopic (exact) mass is 340 g/mol. The summed E-state index contributed by atoms with van der Waals surface area (Å²) in [6.07, 6.45) is 0. The van der Waals surface area contributed by atoms with Gasteiger partial charge in [0.1, 0.15) is 6.04 Å². The second-order valence-corrected chi connectivity index (χ2v) is 5.54. The molecule has 1 fully saturated rings. The molecule has 5 nitrogen and oxygen atoms in total. The quantitative estimate of drug-likeness (QED) is 0.883. The Hall–Kier alpha value is -1.40. The van der Waals surface area contributed by atoms with E-state index in [0.29, 0.717) is 18.7 Å². The van der Waals surface area contributed by atoms with Gasteiger partial charge < -0.3 is 15.0 Å². The molecular weight excluding hydrogens is 324 g/mol. The number of amides is 2. The van der Waals surface area contributed by atoms with E-state index in [1.807, 2.05) is 25.1 Å². The first-order chi connectivity index (χ1) is 9.54. The minimum atomic E-state index is -0.575. The number of nitrogens with zero attached hydrogens (tertiary/aromatic N) is 1. The fraction of sp³-hybridized carbons (Fsp3) is 0.429. The second kappa shape index (κ2) is 6.37. The molecule has 0 aromatic heterocycles. The maximum Gasteiger partial charge on any atom is 0.255 e. The van der Waals surface area contributed by atoms with Gasteiger partial charge in [-0.3, -0.25) is 9.59 Å².